The van der Waals surface area contributed by atoms with Gasteiger partial charge in [0.15, 0.2) is 0 Å². The van der Waals surface area contributed by atoms with Crippen molar-refractivity contribution in [1.82, 2.24) is 0 Å². The zero-order chi connectivity index (χ0) is 8.15. The summed E-state index contributed by atoms with van der Waals surface area (Å²) >= 11 is 0. The second-order valence-electron chi connectivity index (χ2n) is 2.56. The van der Waals surface area contributed by atoms with Crippen molar-refractivity contribution < 1.29 is 15.2 Å². The van der Waals surface area contributed by atoms with E-state index in [0.717, 1.165) is 6.42 Å². The number of hydrogen-bond acceptors (Lipinski definition) is 2. The van der Waals surface area contributed by atoms with Gasteiger partial charge < -0.3 is 15.2 Å². The summed E-state index contributed by atoms with van der Waals surface area (Å²) in [6.45, 7) is 3.89. The summed E-state index contributed by atoms with van der Waals surface area (Å²) in [5.41, 5.74) is 0. The largest absolute Gasteiger partial charge is 0.544 e. The molecule has 2 atom stereocenters. The van der Waals surface area contributed by atoms with Crippen LogP contribution in [0.1, 0.15) is 20.3 Å². The van der Waals surface area contributed by atoms with Gasteiger partial charge in [-0.15, -0.1) is 0 Å². The van der Waals surface area contributed by atoms with E-state index in [1.807, 2.05) is 13.8 Å². The first kappa shape index (κ1) is 9.43. The maximum Gasteiger partial charge on any atom is 0.128 e. The van der Waals surface area contributed by atoms with Gasteiger partial charge in [-0.3, -0.25) is 0 Å². The molecule has 0 rings (SSSR count). The topological polar surface area (TPSA) is 56.7 Å². The van der Waals surface area contributed by atoms with E-state index in [1.54, 1.807) is 12.4 Å². The van der Waals surface area contributed by atoms with Gasteiger partial charge in [0.05, 0.1) is 13.0 Å². The average molecular weight is 145 g/mol. The number of carbonyl (C=O) groups excluding carboxylic acids is 1. The minimum atomic E-state index is -0.961. The number of carbonyl (C=O) groups is 1. The van der Waals surface area contributed by atoms with Crippen molar-refractivity contribution in [2.75, 3.05) is 7.05 Å². The lowest BCUT2D eigenvalue weighted by Gasteiger charge is -2.19. The van der Waals surface area contributed by atoms with Crippen LogP contribution in [-0.4, -0.2) is 19.1 Å². The highest BCUT2D eigenvalue weighted by Gasteiger charge is 2.17. The van der Waals surface area contributed by atoms with Gasteiger partial charge in [-0.1, -0.05) is 13.8 Å². The first-order valence-corrected chi connectivity index (χ1v) is 3.63. The standard InChI is InChI=1S/C7H15NO2/c1-4-5(2)6(8-3)7(9)10/h5-6,8H,4H2,1-3H3,(H,9,10)/t5-,6-/m1/s1. The molecule has 0 aromatic rings. The molecule has 0 aromatic carbocycles. The van der Waals surface area contributed by atoms with Gasteiger partial charge in [-0.25, -0.2) is 0 Å². The Kier molecular flexibility index (Phi) is 4.03. The van der Waals surface area contributed by atoms with Crippen LogP contribution < -0.4 is 10.4 Å². The van der Waals surface area contributed by atoms with Crippen LogP contribution in [0.3, 0.4) is 0 Å². The summed E-state index contributed by atoms with van der Waals surface area (Å²) in [6, 6.07) is -0.384. The highest BCUT2D eigenvalue weighted by atomic mass is 16.4. The van der Waals surface area contributed by atoms with Gasteiger partial charge >= 0.3 is 0 Å². The third-order valence-corrected chi connectivity index (χ3v) is 1.89. The van der Waals surface area contributed by atoms with E-state index < -0.39 is 5.97 Å². The Labute approximate surface area is 61.4 Å². The quantitative estimate of drug-likeness (QED) is 0.515. The molecular formula is C7H15NO2. The van der Waals surface area contributed by atoms with Crippen LogP contribution in [-0.2, 0) is 4.79 Å². The lowest BCUT2D eigenvalue weighted by Crippen LogP contribution is -2.91. The van der Waals surface area contributed by atoms with Crippen molar-refractivity contribution in [2.45, 2.75) is 26.3 Å². The van der Waals surface area contributed by atoms with Crippen LogP contribution in [0.4, 0.5) is 0 Å². The fourth-order valence-electron chi connectivity index (χ4n) is 0.951. The second-order valence-corrected chi connectivity index (χ2v) is 2.56. The van der Waals surface area contributed by atoms with E-state index in [1.165, 1.54) is 0 Å². The summed E-state index contributed by atoms with van der Waals surface area (Å²) in [5.74, 6) is -0.771. The predicted octanol–water partition coefficient (Wildman–Crippen LogP) is -1.66. The van der Waals surface area contributed by atoms with Gasteiger partial charge in [-0.05, 0) is 6.42 Å². The molecule has 3 nitrogen and oxygen atoms in total. The van der Waals surface area contributed by atoms with E-state index in [9.17, 15) is 9.90 Å². The van der Waals surface area contributed by atoms with Crippen molar-refractivity contribution >= 4 is 5.97 Å². The maximum absolute atomic E-state index is 10.4. The zero-order valence-corrected chi connectivity index (χ0v) is 6.76. The third kappa shape index (κ3) is 2.35. The van der Waals surface area contributed by atoms with E-state index in [0.29, 0.717) is 0 Å². The minimum absolute atomic E-state index is 0.190. The van der Waals surface area contributed by atoms with Crippen LogP contribution in [0.15, 0.2) is 0 Å². The number of likely N-dealkylation sites (N-methyl/N-ethyl adjacent to an activating group) is 1. The Hall–Kier alpha value is -0.570. The number of hydrogen-bond donors (Lipinski definition) is 1. The summed E-state index contributed by atoms with van der Waals surface area (Å²) in [4.78, 5) is 10.4. The van der Waals surface area contributed by atoms with Crippen LogP contribution in [0, 0.1) is 5.92 Å². The van der Waals surface area contributed by atoms with E-state index >= 15 is 0 Å². The van der Waals surface area contributed by atoms with Crippen molar-refractivity contribution in [3.05, 3.63) is 0 Å². The number of carboxylic acid groups (broad SMARTS) is 1. The molecule has 0 aliphatic rings. The smallest absolute Gasteiger partial charge is 0.128 e. The molecule has 0 heterocycles. The number of aliphatic carboxylic acids is 1. The van der Waals surface area contributed by atoms with Gasteiger partial charge in [0.1, 0.15) is 6.04 Å². The summed E-state index contributed by atoms with van der Waals surface area (Å²) < 4.78 is 0. The zero-order valence-electron chi connectivity index (χ0n) is 6.76. The van der Waals surface area contributed by atoms with Crippen molar-refractivity contribution in [3.8, 4) is 0 Å². The lowest BCUT2D eigenvalue weighted by molar-refractivity contribution is -0.664. The van der Waals surface area contributed by atoms with Crippen LogP contribution in [0.25, 0.3) is 0 Å². The van der Waals surface area contributed by atoms with Crippen molar-refractivity contribution in [2.24, 2.45) is 5.92 Å². The molecule has 0 fully saturated rings. The SMILES string of the molecule is CC[C@@H](C)[C@@H]([NH2+]C)C(=O)[O-]. The summed E-state index contributed by atoms with van der Waals surface area (Å²) in [6.07, 6.45) is 0.878. The number of quaternary nitrogens is 1. The van der Waals surface area contributed by atoms with Crippen molar-refractivity contribution in [3.63, 3.8) is 0 Å². The van der Waals surface area contributed by atoms with Crippen LogP contribution >= 0.6 is 0 Å². The normalized spacial score (nSPS) is 16.3. The van der Waals surface area contributed by atoms with Crippen LogP contribution in [0.2, 0.25) is 0 Å². The van der Waals surface area contributed by atoms with Gasteiger partial charge in [0.25, 0.3) is 0 Å². The summed E-state index contributed by atoms with van der Waals surface area (Å²) in [5, 5.41) is 12.1. The number of carboxylic acids is 1. The fourth-order valence-corrected chi connectivity index (χ4v) is 0.951. The molecule has 0 aromatic heterocycles. The lowest BCUT2D eigenvalue weighted by atomic mass is 10.00. The Morgan fingerprint density at radius 3 is 2.30 bits per heavy atom. The van der Waals surface area contributed by atoms with E-state index in [4.69, 9.17) is 0 Å². The molecule has 3 heteroatoms. The molecule has 0 aliphatic heterocycles. The fraction of sp³-hybridized carbons (Fsp3) is 0.857. The maximum atomic E-state index is 10.4. The van der Waals surface area contributed by atoms with E-state index in [2.05, 4.69) is 0 Å². The Morgan fingerprint density at radius 1 is 1.70 bits per heavy atom. The molecular weight excluding hydrogens is 130 g/mol. The highest BCUT2D eigenvalue weighted by molar-refractivity contribution is 5.69. The molecule has 10 heavy (non-hydrogen) atoms. The predicted molar refractivity (Wildman–Crippen MR) is 36.1 cm³/mol. The molecule has 0 amide bonds. The number of nitrogens with two attached hydrogens (primary N) is 1. The second kappa shape index (κ2) is 4.28. The summed E-state index contributed by atoms with van der Waals surface area (Å²) in [7, 11) is 1.76. The highest BCUT2D eigenvalue weighted by Crippen LogP contribution is 2.02. The van der Waals surface area contributed by atoms with Gasteiger partial charge in [-0.2, -0.15) is 0 Å². The minimum Gasteiger partial charge on any atom is -0.544 e. The molecule has 0 unspecified atom stereocenters. The monoisotopic (exact) mass is 145 g/mol. The number of rotatable bonds is 4. The van der Waals surface area contributed by atoms with Gasteiger partial charge in [0.2, 0.25) is 0 Å². The molecule has 0 bridgehead atoms. The molecule has 0 aliphatic carbocycles. The van der Waals surface area contributed by atoms with E-state index in [-0.39, 0.29) is 12.0 Å². The Morgan fingerprint density at radius 2 is 2.20 bits per heavy atom. The molecule has 2 N–H and O–H groups in total. The Balaban J connectivity index is 3.92. The molecule has 0 spiro atoms. The Bertz CT molecular complexity index is 114. The molecule has 0 saturated carbocycles. The third-order valence-electron chi connectivity index (χ3n) is 1.89. The molecule has 0 radical (unpaired) electrons. The molecule has 60 valence electrons. The molecule has 0 saturated heterocycles. The van der Waals surface area contributed by atoms with Crippen LogP contribution in [0.5, 0.6) is 0 Å². The van der Waals surface area contributed by atoms with Crippen molar-refractivity contribution in [1.29, 1.82) is 0 Å². The average Bonchev–Trinajstić information content (AvgIpc) is 1.88. The first-order valence-electron chi connectivity index (χ1n) is 3.63. The van der Waals surface area contributed by atoms with Gasteiger partial charge in [0, 0.05) is 5.92 Å². The first-order chi connectivity index (χ1) is 4.63.